The first-order valence-electron chi connectivity index (χ1n) is 10.2. The highest BCUT2D eigenvalue weighted by atomic mass is 16.2. The van der Waals surface area contributed by atoms with Crippen LogP contribution in [0.1, 0.15) is 39.5 Å². The van der Waals surface area contributed by atoms with Gasteiger partial charge in [0.25, 0.3) is 11.8 Å². The lowest BCUT2D eigenvalue weighted by molar-refractivity contribution is 0.0991. The molecule has 0 atom stereocenters. The van der Waals surface area contributed by atoms with Crippen LogP contribution in [-0.4, -0.2) is 39.5 Å². The number of nitrogen functional groups attached to an aromatic ring is 1. The fourth-order valence-electron chi connectivity index (χ4n) is 3.81. The number of nitrogens with zero attached hydrogens (tertiary/aromatic N) is 3. The number of pyridine rings is 1. The summed E-state index contributed by atoms with van der Waals surface area (Å²) in [7, 11) is 0. The zero-order chi connectivity index (χ0) is 21.8. The van der Waals surface area contributed by atoms with Crippen LogP contribution in [0.2, 0.25) is 0 Å². The largest absolute Gasteiger partial charge is 0.364 e. The third kappa shape index (κ3) is 4.56. The van der Waals surface area contributed by atoms with Crippen molar-refractivity contribution in [2.75, 3.05) is 24.2 Å². The summed E-state index contributed by atoms with van der Waals surface area (Å²) in [4.78, 5) is 33.3. The van der Waals surface area contributed by atoms with Crippen molar-refractivity contribution in [3.05, 3.63) is 65.7 Å². The highest BCUT2D eigenvalue weighted by molar-refractivity contribution is 6.04. The average molecular weight is 419 g/mol. The average Bonchev–Trinajstić information content (AvgIpc) is 3.11. The van der Waals surface area contributed by atoms with Crippen LogP contribution < -0.4 is 22.2 Å². The lowest BCUT2D eigenvalue weighted by Crippen LogP contribution is -2.30. The highest BCUT2D eigenvalue weighted by Crippen LogP contribution is 2.26. The fraction of sp³-hybridized carbons (Fsp3) is 0.273. The topological polar surface area (TPSA) is 141 Å². The zero-order valence-corrected chi connectivity index (χ0v) is 17.0. The molecule has 9 heteroatoms. The second kappa shape index (κ2) is 8.97. The standard InChI is InChI=1S/C22H25N7O2/c23-21(30)20-19(28-18(29(20)24)13-14-8-11-25-12-9-14)15-4-6-16(7-5-15)22(31)27-17-3-1-2-10-26-17/h1-7,10,14,25H,8-9,11-13,24H2,(H2,23,30)(H,26,27,31). The molecule has 0 spiro atoms. The van der Waals surface area contributed by atoms with Gasteiger partial charge >= 0.3 is 0 Å². The Morgan fingerprint density at radius 2 is 1.87 bits per heavy atom. The molecule has 2 amide bonds. The van der Waals surface area contributed by atoms with Gasteiger partial charge in [0.05, 0.1) is 0 Å². The molecule has 1 aliphatic rings. The van der Waals surface area contributed by atoms with E-state index in [-0.39, 0.29) is 11.6 Å². The number of piperidine rings is 1. The van der Waals surface area contributed by atoms with E-state index in [2.05, 4.69) is 20.6 Å². The normalized spacial score (nSPS) is 14.3. The van der Waals surface area contributed by atoms with Crippen LogP contribution in [-0.2, 0) is 6.42 Å². The maximum atomic E-state index is 12.4. The number of rotatable bonds is 6. The van der Waals surface area contributed by atoms with E-state index in [0.29, 0.717) is 40.8 Å². The van der Waals surface area contributed by atoms with Gasteiger partial charge in [-0.2, -0.15) is 0 Å². The Morgan fingerprint density at radius 3 is 2.52 bits per heavy atom. The van der Waals surface area contributed by atoms with E-state index in [1.807, 2.05) is 0 Å². The molecule has 160 valence electrons. The minimum absolute atomic E-state index is 0.162. The lowest BCUT2D eigenvalue weighted by Gasteiger charge is -2.22. The smallest absolute Gasteiger partial charge is 0.269 e. The predicted octanol–water partition coefficient (Wildman–Crippen LogP) is 1.55. The maximum absolute atomic E-state index is 12.4. The first-order valence-corrected chi connectivity index (χ1v) is 10.2. The highest BCUT2D eigenvalue weighted by Gasteiger charge is 2.24. The molecular formula is C22H25N7O2. The van der Waals surface area contributed by atoms with Gasteiger partial charge < -0.3 is 22.2 Å². The van der Waals surface area contributed by atoms with Gasteiger partial charge in [-0.3, -0.25) is 9.59 Å². The van der Waals surface area contributed by atoms with Crippen LogP contribution >= 0.6 is 0 Å². The van der Waals surface area contributed by atoms with E-state index in [4.69, 9.17) is 11.6 Å². The van der Waals surface area contributed by atoms with E-state index in [0.717, 1.165) is 25.9 Å². The number of nitrogens with one attached hydrogen (secondary N) is 2. The van der Waals surface area contributed by atoms with Gasteiger partial charge in [-0.1, -0.05) is 18.2 Å². The maximum Gasteiger partial charge on any atom is 0.269 e. The Balaban J connectivity index is 1.57. The van der Waals surface area contributed by atoms with E-state index in [1.54, 1.807) is 48.7 Å². The molecule has 0 aliphatic carbocycles. The summed E-state index contributed by atoms with van der Waals surface area (Å²) in [5, 5.41) is 6.07. The van der Waals surface area contributed by atoms with Crippen LogP contribution in [0.5, 0.6) is 0 Å². The van der Waals surface area contributed by atoms with Crippen molar-refractivity contribution < 1.29 is 9.59 Å². The van der Waals surface area contributed by atoms with Gasteiger partial charge in [0, 0.05) is 23.7 Å². The number of primary amides is 1. The minimum Gasteiger partial charge on any atom is -0.364 e. The predicted molar refractivity (Wildman–Crippen MR) is 118 cm³/mol. The van der Waals surface area contributed by atoms with Crippen molar-refractivity contribution in [3.8, 4) is 11.3 Å². The summed E-state index contributed by atoms with van der Waals surface area (Å²) in [6.45, 7) is 1.93. The quantitative estimate of drug-likeness (QED) is 0.447. The molecule has 4 rings (SSSR count). The number of benzene rings is 1. The van der Waals surface area contributed by atoms with E-state index >= 15 is 0 Å². The number of aromatic nitrogens is 3. The SMILES string of the molecule is NC(=O)c1c(-c2ccc(C(=O)Nc3ccccn3)cc2)nc(CC2CCNCC2)n1N. The van der Waals surface area contributed by atoms with Crippen LogP contribution in [0.15, 0.2) is 48.7 Å². The van der Waals surface area contributed by atoms with Crippen molar-refractivity contribution in [2.45, 2.75) is 19.3 Å². The molecule has 0 unspecified atom stereocenters. The van der Waals surface area contributed by atoms with E-state index in [1.165, 1.54) is 4.68 Å². The molecule has 1 fully saturated rings. The number of amides is 2. The second-order valence-electron chi connectivity index (χ2n) is 7.60. The van der Waals surface area contributed by atoms with Crippen LogP contribution in [0.4, 0.5) is 5.82 Å². The third-order valence-corrected chi connectivity index (χ3v) is 5.47. The molecule has 9 nitrogen and oxygen atoms in total. The molecule has 0 saturated carbocycles. The van der Waals surface area contributed by atoms with E-state index in [9.17, 15) is 9.59 Å². The van der Waals surface area contributed by atoms with Crippen LogP contribution in [0.25, 0.3) is 11.3 Å². The number of carbonyl (C=O) groups excluding carboxylic acids is 2. The third-order valence-electron chi connectivity index (χ3n) is 5.47. The van der Waals surface area contributed by atoms with Gasteiger partial charge in [0.1, 0.15) is 17.3 Å². The minimum atomic E-state index is -0.640. The molecule has 0 radical (unpaired) electrons. The molecule has 31 heavy (non-hydrogen) atoms. The molecule has 1 saturated heterocycles. The molecular weight excluding hydrogens is 394 g/mol. The first-order chi connectivity index (χ1) is 15.0. The van der Waals surface area contributed by atoms with Gasteiger partial charge in [-0.25, -0.2) is 14.6 Å². The second-order valence-corrected chi connectivity index (χ2v) is 7.60. The zero-order valence-electron chi connectivity index (χ0n) is 17.0. The Labute approximate surface area is 179 Å². The molecule has 1 aliphatic heterocycles. The molecule has 3 heterocycles. The summed E-state index contributed by atoms with van der Waals surface area (Å²) in [6, 6.07) is 12.1. The van der Waals surface area contributed by atoms with Crippen molar-refractivity contribution in [3.63, 3.8) is 0 Å². The molecule has 0 bridgehead atoms. The summed E-state index contributed by atoms with van der Waals surface area (Å²) >= 11 is 0. The molecule has 1 aromatic carbocycles. The van der Waals surface area contributed by atoms with Gasteiger partial charge in [-0.15, -0.1) is 0 Å². The van der Waals surface area contributed by atoms with Gasteiger partial charge in [0.15, 0.2) is 5.69 Å². The molecule has 3 aromatic rings. The summed E-state index contributed by atoms with van der Waals surface area (Å²) in [6.07, 6.45) is 4.36. The summed E-state index contributed by atoms with van der Waals surface area (Å²) in [5.74, 6) is 6.83. The molecule has 2 aromatic heterocycles. The van der Waals surface area contributed by atoms with Gasteiger partial charge in [-0.05, 0) is 56.1 Å². The number of carbonyl (C=O) groups is 2. The van der Waals surface area contributed by atoms with Crippen molar-refractivity contribution >= 4 is 17.6 Å². The van der Waals surface area contributed by atoms with Crippen molar-refractivity contribution in [1.29, 1.82) is 0 Å². The molecule has 6 N–H and O–H groups in total. The monoisotopic (exact) mass is 419 g/mol. The van der Waals surface area contributed by atoms with Crippen molar-refractivity contribution in [2.24, 2.45) is 11.7 Å². The van der Waals surface area contributed by atoms with Crippen molar-refractivity contribution in [1.82, 2.24) is 20.0 Å². The number of imidazole rings is 1. The fourth-order valence-corrected chi connectivity index (χ4v) is 3.81. The summed E-state index contributed by atoms with van der Waals surface area (Å²) in [5.41, 5.74) is 7.31. The first kappa shape index (κ1) is 20.5. The van der Waals surface area contributed by atoms with Crippen LogP contribution in [0.3, 0.4) is 0 Å². The number of nitrogens with two attached hydrogens (primary N) is 2. The Morgan fingerprint density at radius 1 is 1.13 bits per heavy atom. The summed E-state index contributed by atoms with van der Waals surface area (Å²) < 4.78 is 1.31. The Hall–Kier alpha value is -3.72. The van der Waals surface area contributed by atoms with E-state index < -0.39 is 5.91 Å². The number of hydrogen-bond acceptors (Lipinski definition) is 6. The number of hydrogen-bond donors (Lipinski definition) is 4. The lowest BCUT2D eigenvalue weighted by atomic mass is 9.94. The van der Waals surface area contributed by atoms with Crippen LogP contribution in [0, 0.1) is 5.92 Å². The Bertz CT molecular complexity index is 1070. The van der Waals surface area contributed by atoms with Gasteiger partial charge in [0.2, 0.25) is 0 Å². The Kier molecular flexibility index (Phi) is 5.94. The number of anilines is 1.